The van der Waals surface area contributed by atoms with Crippen molar-refractivity contribution in [3.63, 3.8) is 0 Å². The van der Waals surface area contributed by atoms with Crippen LogP contribution in [0.4, 0.5) is 0 Å². The number of hydrogen-bond acceptors (Lipinski definition) is 4. The maximum atomic E-state index is 11.4. The lowest BCUT2D eigenvalue weighted by molar-refractivity contribution is -0.522. The van der Waals surface area contributed by atoms with Crippen LogP contribution in [0.15, 0.2) is 24.3 Å². The van der Waals surface area contributed by atoms with E-state index in [4.69, 9.17) is 0 Å². The number of carbonyl (C=O) groups excluding carboxylic acids is 2. The number of nitrogens with zero attached hydrogens (tertiary/aromatic N) is 1. The van der Waals surface area contributed by atoms with E-state index in [2.05, 4.69) is 0 Å². The molecule has 2 atom stereocenters. The highest BCUT2D eigenvalue weighted by atomic mass is 16.6. The second kappa shape index (κ2) is 3.84. The van der Waals surface area contributed by atoms with Gasteiger partial charge in [-0.25, -0.2) is 0 Å². The topological polar surface area (TPSA) is 77.3 Å². The summed E-state index contributed by atoms with van der Waals surface area (Å²) in [4.78, 5) is 32.3. The molecular weight excluding hydrogens is 210 g/mol. The van der Waals surface area contributed by atoms with Crippen molar-refractivity contribution in [3.05, 3.63) is 45.5 Å². The molecular formula is C11H9NO4. The van der Waals surface area contributed by atoms with Gasteiger partial charge < -0.3 is 0 Å². The largest absolute Gasteiger partial charge is 0.295 e. The third-order valence-electron chi connectivity index (χ3n) is 2.90. The van der Waals surface area contributed by atoms with Gasteiger partial charge in [0.15, 0.2) is 6.29 Å². The molecule has 1 aliphatic rings. The standard InChI is InChI=1S/C11H9NO4/c13-6-10(14)11-8-4-2-1-3-7(8)5-9(11)12(15)16/h1-4,6,9,11H,5H2. The molecule has 1 aliphatic carbocycles. The van der Waals surface area contributed by atoms with E-state index >= 15 is 0 Å². The fourth-order valence-corrected chi connectivity index (χ4v) is 2.19. The molecule has 0 aliphatic heterocycles. The first-order chi connectivity index (χ1) is 7.65. The van der Waals surface area contributed by atoms with Crippen molar-refractivity contribution in [1.29, 1.82) is 0 Å². The minimum Gasteiger partial charge on any atom is -0.295 e. The number of hydrogen-bond donors (Lipinski definition) is 0. The predicted octanol–water partition coefficient (Wildman–Crippen LogP) is 0.740. The molecule has 0 fully saturated rings. The van der Waals surface area contributed by atoms with Crippen molar-refractivity contribution in [3.8, 4) is 0 Å². The van der Waals surface area contributed by atoms with Crippen LogP contribution in [-0.2, 0) is 16.0 Å². The Balaban J connectivity index is 2.47. The monoisotopic (exact) mass is 219 g/mol. The lowest BCUT2D eigenvalue weighted by Gasteiger charge is -2.09. The predicted molar refractivity (Wildman–Crippen MR) is 54.7 cm³/mol. The molecule has 0 N–H and O–H groups in total. The van der Waals surface area contributed by atoms with Gasteiger partial charge in [-0.3, -0.25) is 19.7 Å². The summed E-state index contributed by atoms with van der Waals surface area (Å²) in [6.45, 7) is 0. The van der Waals surface area contributed by atoms with E-state index in [0.29, 0.717) is 5.56 Å². The van der Waals surface area contributed by atoms with Crippen LogP contribution in [-0.4, -0.2) is 23.0 Å². The molecule has 0 saturated heterocycles. The minimum atomic E-state index is -1.00. The van der Waals surface area contributed by atoms with Crippen LogP contribution in [0, 0.1) is 10.1 Å². The molecule has 2 unspecified atom stereocenters. The summed E-state index contributed by atoms with van der Waals surface area (Å²) >= 11 is 0. The zero-order chi connectivity index (χ0) is 11.7. The zero-order valence-corrected chi connectivity index (χ0v) is 8.33. The first-order valence-electron chi connectivity index (χ1n) is 4.85. The summed E-state index contributed by atoms with van der Waals surface area (Å²) in [6.07, 6.45) is 0.386. The number of rotatable bonds is 3. The van der Waals surface area contributed by atoms with Crippen LogP contribution in [0.2, 0.25) is 0 Å². The first-order valence-corrected chi connectivity index (χ1v) is 4.85. The van der Waals surface area contributed by atoms with Crippen LogP contribution in [0.3, 0.4) is 0 Å². The molecule has 0 amide bonds. The Bertz CT molecular complexity index is 469. The minimum absolute atomic E-state index is 0.170. The third kappa shape index (κ3) is 1.50. The fraction of sp³-hybridized carbons (Fsp3) is 0.273. The van der Waals surface area contributed by atoms with E-state index in [1.54, 1.807) is 24.3 Å². The number of nitro groups is 1. The van der Waals surface area contributed by atoms with E-state index in [-0.39, 0.29) is 12.7 Å². The zero-order valence-electron chi connectivity index (χ0n) is 8.33. The lowest BCUT2D eigenvalue weighted by atomic mass is 9.94. The van der Waals surface area contributed by atoms with Gasteiger partial charge >= 0.3 is 0 Å². The molecule has 1 aromatic carbocycles. The highest BCUT2D eigenvalue weighted by molar-refractivity contribution is 6.28. The van der Waals surface area contributed by atoms with Crippen LogP contribution in [0.5, 0.6) is 0 Å². The van der Waals surface area contributed by atoms with Gasteiger partial charge in [0.1, 0.15) is 5.92 Å². The number of fused-ring (bicyclic) bond motifs is 1. The Morgan fingerprint density at radius 3 is 2.75 bits per heavy atom. The van der Waals surface area contributed by atoms with Gasteiger partial charge in [0.25, 0.3) is 0 Å². The second-order valence-electron chi connectivity index (χ2n) is 3.75. The molecule has 0 bridgehead atoms. The van der Waals surface area contributed by atoms with Gasteiger partial charge in [0, 0.05) is 11.3 Å². The number of aldehydes is 1. The summed E-state index contributed by atoms with van der Waals surface area (Å²) in [7, 11) is 0. The number of Topliss-reactive ketones (excluding diaryl/α,β-unsaturated/α-hetero) is 1. The Hall–Kier alpha value is -2.04. The molecule has 0 heterocycles. The molecule has 0 radical (unpaired) electrons. The van der Waals surface area contributed by atoms with Gasteiger partial charge in [-0.15, -0.1) is 0 Å². The van der Waals surface area contributed by atoms with Crippen LogP contribution < -0.4 is 0 Å². The average molecular weight is 219 g/mol. The van der Waals surface area contributed by atoms with Crippen LogP contribution >= 0.6 is 0 Å². The molecule has 82 valence electrons. The van der Waals surface area contributed by atoms with Crippen LogP contribution in [0.25, 0.3) is 0 Å². The van der Waals surface area contributed by atoms with Gasteiger partial charge in [-0.05, 0) is 11.1 Å². The van der Waals surface area contributed by atoms with Gasteiger partial charge in [0.2, 0.25) is 11.8 Å². The summed E-state index contributed by atoms with van der Waals surface area (Å²) in [5, 5.41) is 10.8. The first kappa shape index (κ1) is 10.5. The molecule has 0 aromatic heterocycles. The molecule has 16 heavy (non-hydrogen) atoms. The molecule has 5 heteroatoms. The van der Waals surface area contributed by atoms with Crippen molar-refractivity contribution in [1.82, 2.24) is 0 Å². The Kier molecular flexibility index (Phi) is 2.52. The van der Waals surface area contributed by atoms with E-state index in [1.165, 1.54) is 0 Å². The molecule has 5 nitrogen and oxygen atoms in total. The molecule has 1 aromatic rings. The van der Waals surface area contributed by atoms with E-state index in [9.17, 15) is 19.7 Å². The van der Waals surface area contributed by atoms with Crippen LogP contribution in [0.1, 0.15) is 17.0 Å². The SMILES string of the molecule is O=CC(=O)C1c2ccccc2CC1[N+](=O)[O-]. The molecule has 0 saturated carbocycles. The van der Waals surface area contributed by atoms with Gasteiger partial charge in [-0.2, -0.15) is 0 Å². The third-order valence-corrected chi connectivity index (χ3v) is 2.90. The second-order valence-corrected chi connectivity index (χ2v) is 3.75. The quantitative estimate of drug-likeness (QED) is 0.325. The van der Waals surface area contributed by atoms with Crippen molar-refractivity contribution < 1.29 is 14.5 Å². The van der Waals surface area contributed by atoms with E-state index in [1.807, 2.05) is 0 Å². The van der Waals surface area contributed by atoms with Gasteiger partial charge in [0.05, 0.1) is 0 Å². The van der Waals surface area contributed by atoms with E-state index in [0.717, 1.165) is 5.56 Å². The number of carbonyl (C=O) groups is 2. The average Bonchev–Trinajstić information content (AvgIpc) is 2.67. The number of ketones is 1. The smallest absolute Gasteiger partial charge is 0.231 e. The highest BCUT2D eigenvalue weighted by Gasteiger charge is 2.44. The number of benzene rings is 1. The Labute approximate surface area is 91.2 Å². The summed E-state index contributed by atoms with van der Waals surface area (Å²) < 4.78 is 0. The van der Waals surface area contributed by atoms with Crippen molar-refractivity contribution in [2.24, 2.45) is 0 Å². The summed E-state index contributed by atoms with van der Waals surface area (Å²) in [5.74, 6) is -1.63. The highest BCUT2D eigenvalue weighted by Crippen LogP contribution is 2.34. The van der Waals surface area contributed by atoms with Gasteiger partial charge in [-0.1, -0.05) is 24.3 Å². The van der Waals surface area contributed by atoms with E-state index < -0.39 is 22.7 Å². The van der Waals surface area contributed by atoms with Crippen molar-refractivity contribution >= 4 is 12.1 Å². The lowest BCUT2D eigenvalue weighted by Crippen LogP contribution is -2.30. The summed E-state index contributed by atoms with van der Waals surface area (Å²) in [6, 6.07) is 5.90. The molecule has 0 spiro atoms. The maximum Gasteiger partial charge on any atom is 0.231 e. The fourth-order valence-electron chi connectivity index (χ4n) is 2.19. The molecule has 2 rings (SSSR count). The Morgan fingerprint density at radius 2 is 2.12 bits per heavy atom. The van der Waals surface area contributed by atoms with Crippen molar-refractivity contribution in [2.75, 3.05) is 0 Å². The Morgan fingerprint density at radius 1 is 1.44 bits per heavy atom. The van der Waals surface area contributed by atoms with Crippen molar-refractivity contribution in [2.45, 2.75) is 18.4 Å². The summed E-state index contributed by atoms with van der Waals surface area (Å²) in [5.41, 5.74) is 1.39. The normalized spacial score (nSPS) is 22.5. The maximum absolute atomic E-state index is 11.4.